The average molecular weight is 162 g/mol. The quantitative estimate of drug-likeness (QED) is 0.501. The normalized spacial score (nSPS) is 12.7. The number of methoxy groups -OCH3 is 1. The summed E-state index contributed by atoms with van der Waals surface area (Å²) in [5.74, 6) is 0.736. The molecule has 60 valence electrons. The minimum Gasteiger partial charge on any atom is -0.469 e. The molecule has 0 saturated carbocycles. The van der Waals surface area contributed by atoms with Gasteiger partial charge in [-0.1, -0.05) is 6.92 Å². The molecule has 1 unspecified atom stereocenters. The maximum absolute atomic E-state index is 10.8. The third-order valence-electron chi connectivity index (χ3n) is 1.40. The lowest BCUT2D eigenvalue weighted by Gasteiger charge is -2.06. The Labute approximate surface area is 67.4 Å². The predicted molar refractivity (Wildman–Crippen MR) is 44.3 cm³/mol. The second kappa shape index (κ2) is 5.59. The summed E-state index contributed by atoms with van der Waals surface area (Å²) >= 11 is 4.04. The lowest BCUT2D eigenvalue weighted by atomic mass is 10.1. The van der Waals surface area contributed by atoms with Gasteiger partial charge < -0.3 is 4.74 Å². The fourth-order valence-corrected chi connectivity index (χ4v) is 0.899. The first-order chi connectivity index (χ1) is 4.72. The molecule has 0 heterocycles. The first-order valence-corrected chi connectivity index (χ1v) is 4.04. The molecule has 0 radical (unpaired) electrons. The summed E-state index contributed by atoms with van der Waals surface area (Å²) in [7, 11) is 1.42. The van der Waals surface area contributed by atoms with Crippen LogP contribution in [-0.4, -0.2) is 18.8 Å². The van der Waals surface area contributed by atoms with E-state index in [4.69, 9.17) is 0 Å². The molecule has 0 N–H and O–H groups in total. The zero-order chi connectivity index (χ0) is 7.98. The highest BCUT2D eigenvalue weighted by Gasteiger charge is 2.10. The van der Waals surface area contributed by atoms with Crippen LogP contribution in [0.5, 0.6) is 0 Å². The second-order valence-electron chi connectivity index (χ2n) is 2.29. The molecule has 10 heavy (non-hydrogen) atoms. The molecule has 0 aromatic rings. The van der Waals surface area contributed by atoms with Crippen molar-refractivity contribution in [1.82, 2.24) is 0 Å². The van der Waals surface area contributed by atoms with Crippen molar-refractivity contribution in [2.45, 2.75) is 19.8 Å². The molecule has 0 spiro atoms. The van der Waals surface area contributed by atoms with Gasteiger partial charge in [0.05, 0.1) is 13.0 Å². The predicted octanol–water partition coefficient (Wildman–Crippen LogP) is 1.51. The molecule has 0 aliphatic carbocycles. The third kappa shape index (κ3) is 3.77. The third-order valence-corrected chi connectivity index (χ3v) is 1.72. The van der Waals surface area contributed by atoms with Gasteiger partial charge in [-0.25, -0.2) is 0 Å². The minimum atomic E-state index is -0.123. The molecule has 0 aliphatic rings. The van der Waals surface area contributed by atoms with E-state index in [1.165, 1.54) is 7.11 Å². The highest BCUT2D eigenvalue weighted by atomic mass is 32.1. The van der Waals surface area contributed by atoms with Gasteiger partial charge in [0.1, 0.15) is 0 Å². The molecular formula is C7H14O2S. The smallest absolute Gasteiger partial charge is 0.308 e. The van der Waals surface area contributed by atoms with Crippen molar-refractivity contribution in [3.63, 3.8) is 0 Å². The zero-order valence-electron chi connectivity index (χ0n) is 6.46. The van der Waals surface area contributed by atoms with E-state index in [0.717, 1.165) is 18.6 Å². The summed E-state index contributed by atoms with van der Waals surface area (Å²) in [4.78, 5) is 10.8. The number of ether oxygens (including phenoxy) is 1. The van der Waals surface area contributed by atoms with Crippen LogP contribution in [0.3, 0.4) is 0 Å². The molecule has 3 heteroatoms. The SMILES string of the molecule is COC(=O)C(C)CCCS. The highest BCUT2D eigenvalue weighted by molar-refractivity contribution is 7.80. The Hall–Kier alpha value is -0.180. The van der Waals surface area contributed by atoms with E-state index in [-0.39, 0.29) is 11.9 Å². The minimum absolute atomic E-state index is 0.0251. The Morgan fingerprint density at radius 3 is 2.70 bits per heavy atom. The summed E-state index contributed by atoms with van der Waals surface area (Å²) in [6.45, 7) is 1.87. The Balaban J connectivity index is 3.41. The van der Waals surface area contributed by atoms with E-state index in [9.17, 15) is 4.79 Å². The Kier molecular flexibility index (Phi) is 5.49. The van der Waals surface area contributed by atoms with Crippen molar-refractivity contribution in [3.8, 4) is 0 Å². The van der Waals surface area contributed by atoms with Crippen molar-refractivity contribution in [2.24, 2.45) is 5.92 Å². The Bertz CT molecular complexity index is 104. The number of hydrogen-bond donors (Lipinski definition) is 1. The van der Waals surface area contributed by atoms with Gasteiger partial charge in [-0.05, 0) is 18.6 Å². The van der Waals surface area contributed by atoms with E-state index in [0.29, 0.717) is 0 Å². The Morgan fingerprint density at radius 2 is 2.30 bits per heavy atom. The summed E-state index contributed by atoms with van der Waals surface area (Å²) in [5, 5.41) is 0. The molecule has 0 rings (SSSR count). The fraction of sp³-hybridized carbons (Fsp3) is 0.857. The van der Waals surface area contributed by atoms with Crippen molar-refractivity contribution in [2.75, 3.05) is 12.9 Å². The van der Waals surface area contributed by atoms with Crippen LogP contribution in [0, 0.1) is 5.92 Å². The van der Waals surface area contributed by atoms with Gasteiger partial charge in [0, 0.05) is 0 Å². The van der Waals surface area contributed by atoms with E-state index < -0.39 is 0 Å². The van der Waals surface area contributed by atoms with Gasteiger partial charge in [0.2, 0.25) is 0 Å². The topological polar surface area (TPSA) is 26.3 Å². The number of thiol groups is 1. The molecule has 0 amide bonds. The van der Waals surface area contributed by atoms with Gasteiger partial charge in [-0.2, -0.15) is 12.6 Å². The second-order valence-corrected chi connectivity index (χ2v) is 2.74. The first-order valence-electron chi connectivity index (χ1n) is 3.41. The molecular weight excluding hydrogens is 148 g/mol. The van der Waals surface area contributed by atoms with E-state index in [1.54, 1.807) is 0 Å². The number of rotatable bonds is 4. The largest absolute Gasteiger partial charge is 0.469 e. The molecule has 0 aliphatic heterocycles. The monoisotopic (exact) mass is 162 g/mol. The Morgan fingerprint density at radius 1 is 1.70 bits per heavy atom. The molecule has 0 bridgehead atoms. The fourth-order valence-electron chi connectivity index (χ4n) is 0.717. The molecule has 0 saturated heterocycles. The van der Waals surface area contributed by atoms with Gasteiger partial charge in [-0.15, -0.1) is 0 Å². The van der Waals surface area contributed by atoms with Crippen LogP contribution < -0.4 is 0 Å². The van der Waals surface area contributed by atoms with Gasteiger partial charge in [0.25, 0.3) is 0 Å². The molecule has 2 nitrogen and oxygen atoms in total. The maximum Gasteiger partial charge on any atom is 0.308 e. The van der Waals surface area contributed by atoms with Crippen LogP contribution in [0.1, 0.15) is 19.8 Å². The highest BCUT2D eigenvalue weighted by Crippen LogP contribution is 2.07. The van der Waals surface area contributed by atoms with Crippen LogP contribution in [0.2, 0.25) is 0 Å². The van der Waals surface area contributed by atoms with Gasteiger partial charge in [-0.3, -0.25) is 4.79 Å². The zero-order valence-corrected chi connectivity index (χ0v) is 7.36. The lowest BCUT2D eigenvalue weighted by molar-refractivity contribution is -0.145. The number of esters is 1. The summed E-state index contributed by atoms with van der Waals surface area (Å²) < 4.78 is 4.55. The molecule has 0 fully saturated rings. The van der Waals surface area contributed by atoms with Crippen LogP contribution >= 0.6 is 12.6 Å². The van der Waals surface area contributed by atoms with Crippen molar-refractivity contribution < 1.29 is 9.53 Å². The van der Waals surface area contributed by atoms with Crippen LogP contribution in [0.25, 0.3) is 0 Å². The molecule has 0 aromatic carbocycles. The average Bonchev–Trinajstić information content (AvgIpc) is 1.98. The maximum atomic E-state index is 10.8. The lowest BCUT2D eigenvalue weighted by Crippen LogP contribution is -2.12. The van der Waals surface area contributed by atoms with Gasteiger partial charge >= 0.3 is 5.97 Å². The van der Waals surface area contributed by atoms with Gasteiger partial charge in [0.15, 0.2) is 0 Å². The summed E-state index contributed by atoms with van der Waals surface area (Å²) in [5.41, 5.74) is 0. The summed E-state index contributed by atoms with van der Waals surface area (Å²) in [6, 6.07) is 0. The molecule has 1 atom stereocenters. The van der Waals surface area contributed by atoms with E-state index >= 15 is 0 Å². The number of carbonyl (C=O) groups excluding carboxylic acids is 1. The van der Waals surface area contributed by atoms with Crippen molar-refractivity contribution in [3.05, 3.63) is 0 Å². The van der Waals surface area contributed by atoms with Crippen molar-refractivity contribution in [1.29, 1.82) is 0 Å². The first kappa shape index (κ1) is 9.82. The van der Waals surface area contributed by atoms with Crippen molar-refractivity contribution >= 4 is 18.6 Å². The van der Waals surface area contributed by atoms with E-state index in [1.807, 2.05) is 6.92 Å². The standard InChI is InChI=1S/C7H14O2S/c1-6(4-3-5-10)7(8)9-2/h6,10H,3-5H2,1-2H3. The van der Waals surface area contributed by atoms with Crippen LogP contribution in [0.15, 0.2) is 0 Å². The van der Waals surface area contributed by atoms with Crippen LogP contribution in [-0.2, 0) is 9.53 Å². The number of carbonyl (C=O) groups is 1. The molecule has 0 aromatic heterocycles. The van der Waals surface area contributed by atoms with Crippen LogP contribution in [0.4, 0.5) is 0 Å². The number of hydrogen-bond acceptors (Lipinski definition) is 3. The summed E-state index contributed by atoms with van der Waals surface area (Å²) in [6.07, 6.45) is 1.84. The van der Waals surface area contributed by atoms with E-state index in [2.05, 4.69) is 17.4 Å².